The number of hydrogen-bond acceptors (Lipinski definition) is 4. The van der Waals surface area contributed by atoms with Crippen LogP contribution in [0.3, 0.4) is 0 Å². The second kappa shape index (κ2) is 5.74. The molecule has 2 aromatic heterocycles. The average molecular weight is 289 g/mol. The second-order valence-electron chi connectivity index (χ2n) is 4.65. The van der Waals surface area contributed by atoms with Gasteiger partial charge in [0.15, 0.2) is 0 Å². The number of nitrogens with zero attached hydrogens (tertiary/aromatic N) is 1. The number of urea groups is 2. The van der Waals surface area contributed by atoms with Gasteiger partial charge in [0.2, 0.25) is 0 Å². The van der Waals surface area contributed by atoms with Crippen LogP contribution in [0.5, 0.6) is 0 Å². The predicted octanol–water partition coefficient (Wildman–Crippen LogP) is 1.74. The standard InChI is InChI=1S/C14H15N3O4/c18-13-15-5-6-17(13)14(19)16-9-10(11-3-1-7-20-11)12-4-2-8-21-12/h1-4,7-8,10H,5-6,9H2,(H,15,18)(H,16,19). The summed E-state index contributed by atoms with van der Waals surface area (Å²) in [7, 11) is 0. The van der Waals surface area contributed by atoms with Gasteiger partial charge in [-0.1, -0.05) is 0 Å². The van der Waals surface area contributed by atoms with Crippen molar-refractivity contribution >= 4 is 12.1 Å². The summed E-state index contributed by atoms with van der Waals surface area (Å²) in [6.45, 7) is 1.13. The lowest BCUT2D eigenvalue weighted by Gasteiger charge is -2.17. The summed E-state index contributed by atoms with van der Waals surface area (Å²) in [5.74, 6) is 1.15. The van der Waals surface area contributed by atoms with Crippen molar-refractivity contribution < 1.29 is 18.4 Å². The van der Waals surface area contributed by atoms with Crippen molar-refractivity contribution in [3.8, 4) is 0 Å². The zero-order valence-electron chi connectivity index (χ0n) is 11.2. The minimum Gasteiger partial charge on any atom is -0.469 e. The molecule has 7 nitrogen and oxygen atoms in total. The molecule has 0 spiro atoms. The molecule has 21 heavy (non-hydrogen) atoms. The quantitative estimate of drug-likeness (QED) is 0.897. The Hall–Kier alpha value is -2.70. The Morgan fingerprint density at radius 1 is 1.29 bits per heavy atom. The van der Waals surface area contributed by atoms with Gasteiger partial charge in [0.05, 0.1) is 18.4 Å². The SMILES string of the molecule is O=C1NCCN1C(=O)NCC(c1ccco1)c1ccco1. The summed E-state index contributed by atoms with van der Waals surface area (Å²) in [6, 6.07) is 6.40. The monoisotopic (exact) mass is 289 g/mol. The Balaban J connectivity index is 1.68. The van der Waals surface area contributed by atoms with Crippen LogP contribution in [-0.2, 0) is 0 Å². The molecule has 0 saturated carbocycles. The van der Waals surface area contributed by atoms with E-state index in [2.05, 4.69) is 10.6 Å². The Labute approximate surface area is 120 Å². The average Bonchev–Trinajstić information content (AvgIpc) is 3.21. The third-order valence-corrected chi connectivity index (χ3v) is 3.33. The van der Waals surface area contributed by atoms with Crippen molar-refractivity contribution in [1.82, 2.24) is 15.5 Å². The third-order valence-electron chi connectivity index (χ3n) is 3.33. The molecule has 0 aliphatic carbocycles. The summed E-state index contributed by atoms with van der Waals surface area (Å²) in [4.78, 5) is 24.6. The Morgan fingerprint density at radius 3 is 2.43 bits per heavy atom. The van der Waals surface area contributed by atoms with Crippen LogP contribution in [0, 0.1) is 0 Å². The van der Waals surface area contributed by atoms with Crippen LogP contribution in [-0.4, -0.2) is 36.6 Å². The highest BCUT2D eigenvalue weighted by atomic mass is 16.3. The number of rotatable bonds is 4. The van der Waals surface area contributed by atoms with E-state index in [4.69, 9.17) is 8.83 Å². The number of carbonyl (C=O) groups is 2. The van der Waals surface area contributed by atoms with E-state index in [0.717, 1.165) is 4.90 Å². The fraction of sp³-hybridized carbons (Fsp3) is 0.286. The van der Waals surface area contributed by atoms with Crippen molar-refractivity contribution in [3.05, 3.63) is 48.3 Å². The molecule has 0 unspecified atom stereocenters. The van der Waals surface area contributed by atoms with Crippen LogP contribution >= 0.6 is 0 Å². The maximum Gasteiger partial charge on any atom is 0.325 e. The minimum absolute atomic E-state index is 0.232. The van der Waals surface area contributed by atoms with Crippen LogP contribution in [0.15, 0.2) is 45.6 Å². The van der Waals surface area contributed by atoms with Crippen LogP contribution in [0.4, 0.5) is 9.59 Å². The molecule has 2 aromatic rings. The molecule has 1 fully saturated rings. The number of imide groups is 1. The Morgan fingerprint density at radius 2 is 1.95 bits per heavy atom. The van der Waals surface area contributed by atoms with Crippen LogP contribution < -0.4 is 10.6 Å². The summed E-state index contributed by atoms with van der Waals surface area (Å²) in [5.41, 5.74) is 0. The van der Waals surface area contributed by atoms with Crippen molar-refractivity contribution in [2.24, 2.45) is 0 Å². The zero-order chi connectivity index (χ0) is 14.7. The molecule has 4 amide bonds. The second-order valence-corrected chi connectivity index (χ2v) is 4.65. The summed E-state index contributed by atoms with van der Waals surface area (Å²) in [5, 5.41) is 5.32. The number of carbonyl (C=O) groups excluding carboxylic acids is 2. The van der Waals surface area contributed by atoms with Crippen molar-refractivity contribution in [3.63, 3.8) is 0 Å². The molecular weight excluding hydrogens is 274 g/mol. The van der Waals surface area contributed by atoms with E-state index >= 15 is 0 Å². The predicted molar refractivity (Wildman–Crippen MR) is 72.8 cm³/mol. The van der Waals surface area contributed by atoms with Gasteiger partial charge in [-0.05, 0) is 24.3 Å². The van der Waals surface area contributed by atoms with Gasteiger partial charge in [0, 0.05) is 19.6 Å². The first kappa shape index (κ1) is 13.3. The highest BCUT2D eigenvalue weighted by Gasteiger charge is 2.27. The fourth-order valence-corrected chi connectivity index (χ4v) is 2.27. The number of hydrogen-bond donors (Lipinski definition) is 2. The first-order chi connectivity index (χ1) is 10.3. The largest absolute Gasteiger partial charge is 0.469 e. The smallest absolute Gasteiger partial charge is 0.325 e. The number of nitrogens with one attached hydrogen (secondary N) is 2. The molecule has 7 heteroatoms. The van der Waals surface area contributed by atoms with Gasteiger partial charge in [0.1, 0.15) is 11.5 Å². The van der Waals surface area contributed by atoms with E-state index in [9.17, 15) is 9.59 Å². The van der Waals surface area contributed by atoms with E-state index in [1.165, 1.54) is 0 Å². The minimum atomic E-state index is -0.423. The van der Waals surface area contributed by atoms with Gasteiger partial charge >= 0.3 is 12.1 Å². The van der Waals surface area contributed by atoms with Crippen molar-refractivity contribution in [2.75, 3.05) is 19.6 Å². The highest BCUT2D eigenvalue weighted by Crippen LogP contribution is 2.24. The lowest BCUT2D eigenvalue weighted by atomic mass is 10.0. The van der Waals surface area contributed by atoms with Gasteiger partial charge in [-0.15, -0.1) is 0 Å². The van der Waals surface area contributed by atoms with Gasteiger partial charge in [-0.25, -0.2) is 14.5 Å². The van der Waals surface area contributed by atoms with Crippen molar-refractivity contribution in [1.29, 1.82) is 0 Å². The molecule has 1 aliphatic rings. The lowest BCUT2D eigenvalue weighted by molar-refractivity contribution is 0.198. The van der Waals surface area contributed by atoms with E-state index in [0.29, 0.717) is 24.6 Å². The van der Waals surface area contributed by atoms with Crippen molar-refractivity contribution in [2.45, 2.75) is 5.92 Å². The molecule has 0 aromatic carbocycles. The van der Waals surface area contributed by atoms with E-state index < -0.39 is 6.03 Å². The highest BCUT2D eigenvalue weighted by molar-refractivity contribution is 5.94. The molecule has 3 rings (SSSR count). The molecule has 0 atom stereocenters. The molecule has 0 radical (unpaired) electrons. The van der Waals surface area contributed by atoms with Gasteiger partial charge in [-0.3, -0.25) is 0 Å². The van der Waals surface area contributed by atoms with E-state index in [1.54, 1.807) is 24.7 Å². The Bertz CT molecular complexity index is 572. The lowest BCUT2D eigenvalue weighted by Crippen LogP contribution is -2.43. The zero-order valence-corrected chi connectivity index (χ0v) is 11.2. The topological polar surface area (TPSA) is 87.7 Å². The van der Waals surface area contributed by atoms with E-state index in [1.807, 2.05) is 12.1 Å². The maximum absolute atomic E-state index is 12.0. The molecule has 0 bridgehead atoms. The molecule has 1 saturated heterocycles. The molecule has 2 N–H and O–H groups in total. The molecule has 110 valence electrons. The van der Waals surface area contributed by atoms with Crippen LogP contribution in [0.2, 0.25) is 0 Å². The molecule has 1 aliphatic heterocycles. The van der Waals surface area contributed by atoms with Crippen LogP contribution in [0.25, 0.3) is 0 Å². The number of amides is 4. The van der Waals surface area contributed by atoms with Gasteiger partial charge in [-0.2, -0.15) is 0 Å². The van der Waals surface area contributed by atoms with Crippen LogP contribution in [0.1, 0.15) is 17.4 Å². The maximum atomic E-state index is 12.0. The first-order valence-corrected chi connectivity index (χ1v) is 6.65. The van der Waals surface area contributed by atoms with Gasteiger partial charge in [0.25, 0.3) is 0 Å². The molecular formula is C14H15N3O4. The molecule has 3 heterocycles. The normalized spacial score (nSPS) is 14.5. The first-order valence-electron chi connectivity index (χ1n) is 6.65. The fourth-order valence-electron chi connectivity index (χ4n) is 2.27. The van der Waals surface area contributed by atoms with E-state index in [-0.39, 0.29) is 18.5 Å². The number of furan rings is 2. The summed E-state index contributed by atoms with van der Waals surface area (Å²) in [6.07, 6.45) is 3.14. The summed E-state index contributed by atoms with van der Waals surface area (Å²) >= 11 is 0. The third kappa shape index (κ3) is 2.76. The summed E-state index contributed by atoms with van der Waals surface area (Å²) < 4.78 is 10.8. The Kier molecular flexibility index (Phi) is 3.63. The van der Waals surface area contributed by atoms with Gasteiger partial charge < -0.3 is 19.5 Å².